The van der Waals surface area contributed by atoms with E-state index < -0.39 is 23.1 Å². The van der Waals surface area contributed by atoms with Crippen molar-refractivity contribution < 1.29 is 23.4 Å². The summed E-state index contributed by atoms with van der Waals surface area (Å²) in [4.78, 5) is 6.11. The van der Waals surface area contributed by atoms with Crippen LogP contribution in [0, 0.1) is 6.92 Å². The van der Waals surface area contributed by atoms with Gasteiger partial charge in [-0.2, -0.15) is 13.2 Å². The van der Waals surface area contributed by atoms with Crippen molar-refractivity contribution in [3.63, 3.8) is 0 Å². The standard InChI is InChI=1S/C16H17F3N4O2/c1-9-13(11-4-3-10(7-12(11)24)16(17,18)19)21-22-14(20-9)23-6-5-15(2,25)8-23/h3-4,7,24-25H,5-6,8H2,1-2H3. The zero-order chi connectivity index (χ0) is 18.4. The van der Waals surface area contributed by atoms with Crippen LogP contribution >= 0.6 is 0 Å². The van der Waals surface area contributed by atoms with E-state index >= 15 is 0 Å². The normalized spacial score (nSPS) is 21.0. The number of halogens is 3. The number of hydrogen-bond donors (Lipinski definition) is 2. The molecule has 6 nitrogen and oxygen atoms in total. The Labute approximate surface area is 142 Å². The Bertz CT molecular complexity index is 808. The Kier molecular flexibility index (Phi) is 4.06. The van der Waals surface area contributed by atoms with Gasteiger partial charge in [0.05, 0.1) is 16.9 Å². The highest BCUT2D eigenvalue weighted by Gasteiger charge is 2.33. The number of hydrogen-bond acceptors (Lipinski definition) is 6. The molecule has 0 bridgehead atoms. The second-order valence-corrected chi connectivity index (χ2v) is 6.44. The van der Waals surface area contributed by atoms with E-state index in [1.807, 2.05) is 0 Å². The van der Waals surface area contributed by atoms with Gasteiger partial charge in [0.1, 0.15) is 11.4 Å². The number of benzene rings is 1. The monoisotopic (exact) mass is 354 g/mol. The Morgan fingerprint density at radius 3 is 2.48 bits per heavy atom. The summed E-state index contributed by atoms with van der Waals surface area (Å²) in [6, 6.07) is 2.68. The van der Waals surface area contributed by atoms with Crippen LogP contribution in [0.4, 0.5) is 19.1 Å². The molecular formula is C16H17F3N4O2. The van der Waals surface area contributed by atoms with Crippen molar-refractivity contribution in [3.05, 3.63) is 29.5 Å². The van der Waals surface area contributed by atoms with Crippen LogP contribution < -0.4 is 4.90 Å². The molecule has 1 atom stereocenters. The number of aryl methyl sites for hydroxylation is 1. The smallest absolute Gasteiger partial charge is 0.416 e. The summed E-state index contributed by atoms with van der Waals surface area (Å²) < 4.78 is 38.1. The molecule has 1 unspecified atom stereocenters. The average Bonchev–Trinajstić information content (AvgIpc) is 2.87. The number of phenols is 1. The molecular weight excluding hydrogens is 337 g/mol. The summed E-state index contributed by atoms with van der Waals surface area (Å²) in [6.07, 6.45) is -3.96. The largest absolute Gasteiger partial charge is 0.507 e. The van der Waals surface area contributed by atoms with E-state index in [9.17, 15) is 23.4 Å². The minimum absolute atomic E-state index is 0.130. The van der Waals surface area contributed by atoms with E-state index in [0.29, 0.717) is 37.2 Å². The lowest BCUT2D eigenvalue weighted by Gasteiger charge is -2.19. The van der Waals surface area contributed by atoms with Crippen molar-refractivity contribution in [1.82, 2.24) is 15.2 Å². The van der Waals surface area contributed by atoms with Crippen LogP contribution in [0.2, 0.25) is 0 Å². The molecule has 1 fully saturated rings. The zero-order valence-electron chi connectivity index (χ0n) is 13.7. The maximum atomic E-state index is 12.7. The third-order valence-corrected chi connectivity index (χ3v) is 4.16. The number of anilines is 1. The molecule has 1 saturated heterocycles. The van der Waals surface area contributed by atoms with Crippen LogP contribution in [0.5, 0.6) is 5.75 Å². The highest BCUT2D eigenvalue weighted by molar-refractivity contribution is 5.69. The molecule has 2 N–H and O–H groups in total. The first-order valence-electron chi connectivity index (χ1n) is 7.66. The van der Waals surface area contributed by atoms with Crippen LogP contribution in [0.3, 0.4) is 0 Å². The van der Waals surface area contributed by atoms with Gasteiger partial charge in [0.15, 0.2) is 0 Å². The third-order valence-electron chi connectivity index (χ3n) is 4.16. The predicted molar refractivity (Wildman–Crippen MR) is 84.1 cm³/mol. The molecule has 1 aliphatic heterocycles. The van der Waals surface area contributed by atoms with Crippen LogP contribution in [0.15, 0.2) is 18.2 Å². The molecule has 1 aliphatic rings. The Balaban J connectivity index is 1.92. The van der Waals surface area contributed by atoms with Crippen LogP contribution in [0.1, 0.15) is 24.6 Å². The number of β-amino-alcohol motifs (C(OH)–C–C–N with tert-alkyl or cyclic N) is 1. The highest BCUT2D eigenvalue weighted by Crippen LogP contribution is 2.36. The van der Waals surface area contributed by atoms with E-state index in [1.165, 1.54) is 0 Å². The number of nitrogens with zero attached hydrogens (tertiary/aromatic N) is 4. The predicted octanol–water partition coefficient (Wildman–Crippen LogP) is 2.53. The summed E-state index contributed by atoms with van der Waals surface area (Å²) in [5, 5.41) is 28.0. The van der Waals surface area contributed by atoms with E-state index in [0.717, 1.165) is 12.1 Å². The molecule has 3 rings (SSSR count). The van der Waals surface area contributed by atoms with E-state index in [4.69, 9.17) is 0 Å². The van der Waals surface area contributed by atoms with Crippen molar-refractivity contribution in [3.8, 4) is 17.0 Å². The van der Waals surface area contributed by atoms with E-state index in [1.54, 1.807) is 18.7 Å². The van der Waals surface area contributed by atoms with Gasteiger partial charge in [-0.25, -0.2) is 4.98 Å². The lowest BCUT2D eigenvalue weighted by molar-refractivity contribution is -0.137. The third kappa shape index (κ3) is 3.51. The number of alkyl halides is 3. The summed E-state index contributed by atoms with van der Waals surface area (Å²) >= 11 is 0. The molecule has 9 heteroatoms. The number of aromatic hydroxyl groups is 1. The molecule has 0 amide bonds. The second kappa shape index (κ2) is 5.83. The Morgan fingerprint density at radius 2 is 1.96 bits per heavy atom. The van der Waals surface area contributed by atoms with Crippen LogP contribution in [0.25, 0.3) is 11.3 Å². The minimum Gasteiger partial charge on any atom is -0.507 e. The summed E-state index contributed by atoms with van der Waals surface area (Å²) in [7, 11) is 0. The van der Waals surface area contributed by atoms with Gasteiger partial charge in [0, 0.05) is 18.7 Å². The average molecular weight is 354 g/mol. The number of phenolic OH excluding ortho intramolecular Hbond substituents is 1. The molecule has 0 aliphatic carbocycles. The number of aliphatic hydroxyl groups is 1. The summed E-state index contributed by atoms with van der Waals surface area (Å²) in [5.74, 6) is -0.198. The fourth-order valence-corrected chi connectivity index (χ4v) is 2.80. The van der Waals surface area contributed by atoms with Crippen molar-refractivity contribution >= 4 is 5.95 Å². The fraction of sp³-hybridized carbons (Fsp3) is 0.438. The molecule has 2 aromatic rings. The Morgan fingerprint density at radius 1 is 1.24 bits per heavy atom. The van der Waals surface area contributed by atoms with Gasteiger partial charge in [0.25, 0.3) is 0 Å². The Hall–Kier alpha value is -2.42. The lowest BCUT2D eigenvalue weighted by Crippen LogP contribution is -2.30. The quantitative estimate of drug-likeness (QED) is 0.862. The first-order chi connectivity index (χ1) is 11.6. The second-order valence-electron chi connectivity index (χ2n) is 6.44. The van der Waals surface area contributed by atoms with Gasteiger partial charge in [-0.3, -0.25) is 0 Å². The minimum atomic E-state index is -4.54. The van der Waals surface area contributed by atoms with Crippen molar-refractivity contribution in [2.24, 2.45) is 0 Å². The van der Waals surface area contributed by atoms with Gasteiger partial charge in [-0.1, -0.05) is 0 Å². The van der Waals surface area contributed by atoms with Gasteiger partial charge < -0.3 is 15.1 Å². The molecule has 2 heterocycles. The van der Waals surface area contributed by atoms with Crippen molar-refractivity contribution in [2.75, 3.05) is 18.0 Å². The molecule has 1 aromatic heterocycles. The van der Waals surface area contributed by atoms with Crippen molar-refractivity contribution in [2.45, 2.75) is 32.0 Å². The molecule has 25 heavy (non-hydrogen) atoms. The van der Waals surface area contributed by atoms with Gasteiger partial charge in [-0.15, -0.1) is 10.2 Å². The summed E-state index contributed by atoms with van der Waals surface area (Å²) in [5.41, 5.74) is -0.997. The number of rotatable bonds is 2. The fourth-order valence-electron chi connectivity index (χ4n) is 2.80. The molecule has 1 aromatic carbocycles. The lowest BCUT2D eigenvalue weighted by atomic mass is 10.1. The van der Waals surface area contributed by atoms with Crippen LogP contribution in [-0.2, 0) is 6.18 Å². The maximum Gasteiger partial charge on any atom is 0.416 e. The van der Waals surface area contributed by atoms with E-state index in [-0.39, 0.29) is 11.3 Å². The first-order valence-corrected chi connectivity index (χ1v) is 7.66. The molecule has 134 valence electrons. The first kappa shape index (κ1) is 17.4. The zero-order valence-corrected chi connectivity index (χ0v) is 13.7. The topological polar surface area (TPSA) is 82.4 Å². The molecule has 0 radical (unpaired) electrons. The molecule has 0 saturated carbocycles. The highest BCUT2D eigenvalue weighted by atomic mass is 19.4. The SMILES string of the molecule is Cc1nc(N2CCC(C)(O)C2)nnc1-c1ccc(C(F)(F)F)cc1O. The summed E-state index contributed by atoms with van der Waals surface area (Å²) in [6.45, 7) is 4.32. The van der Waals surface area contributed by atoms with Crippen LogP contribution in [-0.4, -0.2) is 44.1 Å². The van der Waals surface area contributed by atoms with E-state index in [2.05, 4.69) is 15.2 Å². The molecule has 0 spiro atoms. The van der Waals surface area contributed by atoms with Gasteiger partial charge in [-0.05, 0) is 38.5 Å². The van der Waals surface area contributed by atoms with Crippen molar-refractivity contribution in [1.29, 1.82) is 0 Å². The van der Waals surface area contributed by atoms with Gasteiger partial charge in [0.2, 0.25) is 5.95 Å². The van der Waals surface area contributed by atoms with Gasteiger partial charge >= 0.3 is 6.18 Å². The maximum absolute atomic E-state index is 12.7. The number of aromatic nitrogens is 3.